The minimum atomic E-state index is 0.861. The van der Waals surface area contributed by atoms with Crippen molar-refractivity contribution >= 4 is 11.6 Å². The first-order valence-corrected chi connectivity index (χ1v) is 5.57. The van der Waals surface area contributed by atoms with Crippen LogP contribution in [0.5, 0.6) is 0 Å². The van der Waals surface area contributed by atoms with Crippen LogP contribution in [0.15, 0.2) is 18.2 Å². The number of hydrogen-bond donors (Lipinski definition) is 1. The molecule has 0 amide bonds. The maximum absolute atomic E-state index is 6.03. The molecule has 0 saturated heterocycles. The average molecular weight is 212 g/mol. The minimum absolute atomic E-state index is 0.861. The second-order valence-electron chi connectivity index (χ2n) is 3.61. The number of unbranched alkanes of at least 4 members (excludes halogenated alkanes) is 1. The molecule has 1 aromatic carbocycles. The molecule has 0 aliphatic carbocycles. The van der Waals surface area contributed by atoms with Gasteiger partial charge in [0.25, 0.3) is 0 Å². The molecule has 0 radical (unpaired) electrons. The molecule has 0 bridgehead atoms. The normalized spacial score (nSPS) is 10.5. The predicted octanol–water partition coefficient (Wildman–Crippen LogP) is 3.54. The molecule has 0 aliphatic heterocycles. The van der Waals surface area contributed by atoms with Gasteiger partial charge in [-0.3, -0.25) is 0 Å². The highest BCUT2D eigenvalue weighted by Gasteiger charge is 1.97. The van der Waals surface area contributed by atoms with Gasteiger partial charge in [-0.1, -0.05) is 37.1 Å². The number of rotatable bonds is 5. The Morgan fingerprint density at radius 3 is 2.79 bits per heavy atom. The molecule has 0 fully saturated rings. The third-order valence-corrected chi connectivity index (χ3v) is 2.68. The monoisotopic (exact) mass is 211 g/mol. The SMILES string of the molecule is CCCCNCc1ccc(C)c(Cl)c1. The van der Waals surface area contributed by atoms with Gasteiger partial charge in [-0.25, -0.2) is 0 Å². The van der Waals surface area contributed by atoms with Crippen molar-refractivity contribution in [2.75, 3.05) is 6.54 Å². The van der Waals surface area contributed by atoms with Crippen molar-refractivity contribution in [2.24, 2.45) is 0 Å². The summed E-state index contributed by atoms with van der Waals surface area (Å²) in [7, 11) is 0. The van der Waals surface area contributed by atoms with E-state index in [2.05, 4.69) is 24.4 Å². The van der Waals surface area contributed by atoms with Crippen LogP contribution in [0.1, 0.15) is 30.9 Å². The standard InChI is InChI=1S/C12H18ClN/c1-3-4-7-14-9-11-6-5-10(2)12(13)8-11/h5-6,8,14H,3-4,7,9H2,1-2H3. The molecule has 1 N–H and O–H groups in total. The van der Waals surface area contributed by atoms with Crippen LogP contribution in [0, 0.1) is 6.92 Å². The van der Waals surface area contributed by atoms with Gasteiger partial charge < -0.3 is 5.32 Å². The highest BCUT2D eigenvalue weighted by atomic mass is 35.5. The molecule has 1 rings (SSSR count). The molecule has 78 valence electrons. The van der Waals surface area contributed by atoms with Gasteiger partial charge in [0.15, 0.2) is 0 Å². The summed E-state index contributed by atoms with van der Waals surface area (Å²) in [6.07, 6.45) is 2.47. The van der Waals surface area contributed by atoms with E-state index in [4.69, 9.17) is 11.6 Å². The Kier molecular flexibility index (Phi) is 4.99. The van der Waals surface area contributed by atoms with E-state index in [0.717, 1.165) is 23.7 Å². The molecule has 0 atom stereocenters. The summed E-state index contributed by atoms with van der Waals surface area (Å²) in [5, 5.41) is 4.25. The van der Waals surface area contributed by atoms with E-state index in [1.165, 1.54) is 18.4 Å². The Morgan fingerprint density at radius 2 is 2.14 bits per heavy atom. The lowest BCUT2D eigenvalue weighted by atomic mass is 10.1. The van der Waals surface area contributed by atoms with Crippen molar-refractivity contribution in [3.63, 3.8) is 0 Å². The second kappa shape index (κ2) is 6.05. The Labute approximate surface area is 91.5 Å². The lowest BCUT2D eigenvalue weighted by Gasteiger charge is -2.05. The third-order valence-electron chi connectivity index (χ3n) is 2.27. The first kappa shape index (κ1) is 11.5. The van der Waals surface area contributed by atoms with Crippen molar-refractivity contribution in [2.45, 2.75) is 33.2 Å². The Bertz CT molecular complexity index is 284. The summed E-state index contributed by atoms with van der Waals surface area (Å²) in [6, 6.07) is 6.23. The number of halogens is 1. The van der Waals surface area contributed by atoms with Crippen LogP contribution in [0.4, 0.5) is 0 Å². The lowest BCUT2D eigenvalue weighted by molar-refractivity contribution is 0.641. The zero-order valence-electron chi connectivity index (χ0n) is 8.94. The molecule has 0 saturated carbocycles. The number of benzene rings is 1. The summed E-state index contributed by atoms with van der Waals surface area (Å²) in [4.78, 5) is 0. The zero-order valence-corrected chi connectivity index (χ0v) is 9.69. The van der Waals surface area contributed by atoms with Crippen molar-refractivity contribution in [3.8, 4) is 0 Å². The molecule has 1 nitrogen and oxygen atoms in total. The molecule has 2 heteroatoms. The zero-order chi connectivity index (χ0) is 10.4. The van der Waals surface area contributed by atoms with Gasteiger partial charge in [0, 0.05) is 11.6 Å². The highest BCUT2D eigenvalue weighted by molar-refractivity contribution is 6.31. The summed E-state index contributed by atoms with van der Waals surface area (Å²) < 4.78 is 0. The first-order valence-electron chi connectivity index (χ1n) is 5.19. The Morgan fingerprint density at radius 1 is 1.36 bits per heavy atom. The van der Waals surface area contributed by atoms with E-state index in [1.54, 1.807) is 0 Å². The summed E-state index contributed by atoms with van der Waals surface area (Å²) in [5.74, 6) is 0. The molecule has 1 aromatic rings. The van der Waals surface area contributed by atoms with Crippen molar-refractivity contribution < 1.29 is 0 Å². The van der Waals surface area contributed by atoms with Gasteiger partial charge in [0.2, 0.25) is 0 Å². The van der Waals surface area contributed by atoms with E-state index in [9.17, 15) is 0 Å². The Hall–Kier alpha value is -0.530. The fourth-order valence-corrected chi connectivity index (χ4v) is 1.48. The number of nitrogens with one attached hydrogen (secondary N) is 1. The van der Waals surface area contributed by atoms with E-state index < -0.39 is 0 Å². The van der Waals surface area contributed by atoms with Crippen LogP contribution in [-0.4, -0.2) is 6.54 Å². The van der Waals surface area contributed by atoms with Gasteiger partial charge in [-0.15, -0.1) is 0 Å². The minimum Gasteiger partial charge on any atom is -0.313 e. The predicted molar refractivity (Wildman–Crippen MR) is 62.8 cm³/mol. The molecule has 0 heterocycles. The maximum atomic E-state index is 6.03. The van der Waals surface area contributed by atoms with E-state index in [1.807, 2.05) is 13.0 Å². The van der Waals surface area contributed by atoms with Gasteiger partial charge in [0.1, 0.15) is 0 Å². The van der Waals surface area contributed by atoms with Crippen LogP contribution >= 0.6 is 11.6 Å². The van der Waals surface area contributed by atoms with Gasteiger partial charge in [-0.05, 0) is 37.1 Å². The lowest BCUT2D eigenvalue weighted by Crippen LogP contribution is -2.14. The van der Waals surface area contributed by atoms with Crippen molar-refractivity contribution in [3.05, 3.63) is 34.3 Å². The summed E-state index contributed by atoms with van der Waals surface area (Å²) >= 11 is 6.03. The molecule has 0 spiro atoms. The smallest absolute Gasteiger partial charge is 0.0438 e. The molecular formula is C12H18ClN. The number of hydrogen-bond acceptors (Lipinski definition) is 1. The number of aryl methyl sites for hydroxylation is 1. The summed E-state index contributed by atoms with van der Waals surface area (Å²) in [6.45, 7) is 6.23. The van der Waals surface area contributed by atoms with Crippen molar-refractivity contribution in [1.29, 1.82) is 0 Å². The molecule has 0 unspecified atom stereocenters. The van der Waals surface area contributed by atoms with Crippen molar-refractivity contribution in [1.82, 2.24) is 5.32 Å². The highest BCUT2D eigenvalue weighted by Crippen LogP contribution is 2.16. The Balaban J connectivity index is 2.39. The fourth-order valence-electron chi connectivity index (χ4n) is 1.28. The van der Waals surface area contributed by atoms with Crippen LogP contribution in [0.3, 0.4) is 0 Å². The largest absolute Gasteiger partial charge is 0.313 e. The molecular weight excluding hydrogens is 194 g/mol. The van der Waals surface area contributed by atoms with Crippen LogP contribution < -0.4 is 5.32 Å². The van der Waals surface area contributed by atoms with Gasteiger partial charge in [-0.2, -0.15) is 0 Å². The van der Waals surface area contributed by atoms with Crippen LogP contribution in [0.25, 0.3) is 0 Å². The van der Waals surface area contributed by atoms with E-state index in [-0.39, 0.29) is 0 Å². The van der Waals surface area contributed by atoms with E-state index in [0.29, 0.717) is 0 Å². The summed E-state index contributed by atoms with van der Waals surface area (Å²) in [5.41, 5.74) is 2.40. The van der Waals surface area contributed by atoms with E-state index >= 15 is 0 Å². The first-order chi connectivity index (χ1) is 6.74. The fraction of sp³-hybridized carbons (Fsp3) is 0.500. The quantitative estimate of drug-likeness (QED) is 0.735. The molecule has 0 aliphatic rings. The van der Waals surface area contributed by atoms with Gasteiger partial charge in [0.05, 0.1) is 0 Å². The average Bonchev–Trinajstić information content (AvgIpc) is 2.18. The van der Waals surface area contributed by atoms with Gasteiger partial charge >= 0.3 is 0 Å². The van der Waals surface area contributed by atoms with Crippen LogP contribution in [0.2, 0.25) is 5.02 Å². The maximum Gasteiger partial charge on any atom is 0.0438 e. The second-order valence-corrected chi connectivity index (χ2v) is 4.02. The topological polar surface area (TPSA) is 12.0 Å². The molecule has 0 aromatic heterocycles. The molecule has 14 heavy (non-hydrogen) atoms. The third kappa shape index (κ3) is 3.69. The van der Waals surface area contributed by atoms with Crippen LogP contribution in [-0.2, 0) is 6.54 Å².